The van der Waals surface area contributed by atoms with Crippen LogP contribution in [0.2, 0.25) is 5.02 Å². The van der Waals surface area contributed by atoms with Crippen molar-refractivity contribution in [1.82, 2.24) is 15.0 Å². The molecule has 0 atom stereocenters. The van der Waals surface area contributed by atoms with Crippen LogP contribution in [-0.2, 0) is 54.8 Å². The summed E-state index contributed by atoms with van der Waals surface area (Å²) < 4.78 is 165. The summed E-state index contributed by atoms with van der Waals surface area (Å²) in [6, 6.07) is 18.1. The smallest absolute Gasteiger partial charge is 0.397 e. The second-order valence-electron chi connectivity index (χ2n) is 13.1. The first-order valence-corrected chi connectivity index (χ1v) is 25.5. The van der Waals surface area contributed by atoms with E-state index in [0.717, 1.165) is 30.3 Å². The van der Waals surface area contributed by atoms with Gasteiger partial charge >= 0.3 is 10.4 Å². The van der Waals surface area contributed by atoms with E-state index in [1.807, 2.05) is 0 Å². The second kappa shape index (κ2) is 18.5. The highest BCUT2D eigenvalue weighted by atomic mass is 35.5. The fraction of sp³-hybridized carbons (Fsp3) is 0.114. The molecule has 6 aromatic rings. The molecule has 0 unspecified atom stereocenters. The number of halogens is 1. The summed E-state index contributed by atoms with van der Waals surface area (Å²) in [6.45, 7) is 0.991. The number of sulfone groups is 1. The summed E-state index contributed by atoms with van der Waals surface area (Å²) in [4.78, 5) is 11.6. The number of azo groups is 1. The van der Waals surface area contributed by atoms with Gasteiger partial charge in [0.2, 0.25) is 17.8 Å². The molecule has 0 fully saturated rings. The lowest BCUT2D eigenvalue weighted by Gasteiger charge is -2.22. The minimum atomic E-state index is -5.36. The number of aromatic nitrogens is 3. The molecule has 30 heteroatoms. The molecule has 24 nitrogen and oxygen atoms in total. The molecule has 5 aromatic carbocycles. The molecule has 0 bridgehead atoms. The summed E-state index contributed by atoms with van der Waals surface area (Å²) in [6.07, 6.45) is 0. The number of rotatable bonds is 17. The Morgan fingerprint density at radius 3 is 1.95 bits per heavy atom. The number of fused-ring (bicyclic) bond motifs is 1. The molecular formula is C35H31ClN8O16S5. The van der Waals surface area contributed by atoms with E-state index in [1.165, 1.54) is 30.3 Å². The van der Waals surface area contributed by atoms with Crippen LogP contribution >= 0.6 is 11.6 Å². The Hall–Kier alpha value is -5.99. The van der Waals surface area contributed by atoms with Crippen LogP contribution in [0.5, 0.6) is 5.75 Å². The van der Waals surface area contributed by atoms with Crippen molar-refractivity contribution in [3.05, 3.63) is 96.0 Å². The monoisotopic (exact) mass is 1010 g/mol. The third-order valence-corrected chi connectivity index (χ3v) is 13.7. The molecule has 0 spiro atoms. The van der Waals surface area contributed by atoms with E-state index < -0.39 is 117 Å². The summed E-state index contributed by atoms with van der Waals surface area (Å²) in [5.74, 6) is -2.86. The number of nitrogens with zero attached hydrogens (tertiary/aromatic N) is 6. The van der Waals surface area contributed by atoms with Crippen LogP contribution < -0.4 is 15.5 Å². The number of nitrogens with one attached hydrogen (secondary N) is 2. The number of phenolic OH excluding ortho intramolecular Hbond substituents is 1. The Balaban J connectivity index is 1.54. The van der Waals surface area contributed by atoms with Gasteiger partial charge in [0.25, 0.3) is 30.4 Å². The van der Waals surface area contributed by atoms with Crippen molar-refractivity contribution in [3.63, 3.8) is 0 Å². The maximum atomic E-state index is 13.0. The lowest BCUT2D eigenvalue weighted by Crippen LogP contribution is -2.20. The second-order valence-corrected chi connectivity index (χ2v) is 20.9. The van der Waals surface area contributed by atoms with Crippen molar-refractivity contribution in [1.29, 1.82) is 0 Å². The van der Waals surface area contributed by atoms with Gasteiger partial charge in [0.15, 0.2) is 15.6 Å². The molecule has 1 aromatic heterocycles. The molecule has 7 N–H and O–H groups in total. The Morgan fingerprint density at radius 1 is 0.692 bits per heavy atom. The lowest BCUT2D eigenvalue weighted by molar-refractivity contribution is 0.284. The predicted molar refractivity (Wildman–Crippen MR) is 232 cm³/mol. The molecule has 0 amide bonds. The van der Waals surface area contributed by atoms with E-state index in [0.29, 0.717) is 16.8 Å². The van der Waals surface area contributed by atoms with E-state index >= 15 is 0 Å². The van der Waals surface area contributed by atoms with Crippen LogP contribution in [-0.4, -0.2) is 99.3 Å². The Kier molecular flexibility index (Phi) is 13.8. The van der Waals surface area contributed by atoms with Crippen molar-refractivity contribution in [2.75, 3.05) is 34.4 Å². The van der Waals surface area contributed by atoms with Crippen molar-refractivity contribution in [2.45, 2.75) is 26.5 Å². The van der Waals surface area contributed by atoms with Gasteiger partial charge in [-0.15, -0.1) is 10.2 Å². The number of hydrogen-bond acceptors (Lipinski definition) is 20. The fourth-order valence-electron chi connectivity index (χ4n) is 5.90. The van der Waals surface area contributed by atoms with Crippen molar-refractivity contribution >= 4 is 119 Å². The van der Waals surface area contributed by atoms with Gasteiger partial charge in [-0.1, -0.05) is 29.8 Å². The van der Waals surface area contributed by atoms with E-state index in [4.69, 9.17) is 16.2 Å². The first-order valence-electron chi connectivity index (χ1n) is 17.8. The molecule has 0 saturated carbocycles. The molecule has 0 aliphatic carbocycles. The van der Waals surface area contributed by atoms with E-state index in [-0.39, 0.29) is 29.0 Å². The quantitative estimate of drug-likeness (QED) is 0.0420. The van der Waals surface area contributed by atoms with Crippen LogP contribution in [0.3, 0.4) is 0 Å². The standard InChI is InChI=1S/C35H31ClN8O16S5/c1-2-44(23-12-10-21(36)11-13-23)35-40-33(37-22-6-5-7-24(18-22)61(46,47)15-14-60-65(57,58)59)39-34(41-35)38-27-19-25(62(48,49)50)16-20-17-29(64(54,55)56)31(32(45)30(20)27)43-42-26-8-3-4-9-28(26)63(51,52)53/h3-13,16-19,45H,2,14-15H2,1H3,(H,48,49,50)(H,51,52,53)(H,54,55,56)(H,57,58,59)(H2,37,38,39,40,41). The van der Waals surface area contributed by atoms with Crippen molar-refractivity contribution < 1.29 is 69.6 Å². The minimum Gasteiger partial charge on any atom is -0.505 e. The highest BCUT2D eigenvalue weighted by molar-refractivity contribution is 7.91. The molecule has 0 aliphatic rings. The van der Waals surface area contributed by atoms with Gasteiger partial charge in [-0.05, 0) is 85.1 Å². The maximum Gasteiger partial charge on any atom is 0.397 e. The van der Waals surface area contributed by atoms with Gasteiger partial charge in [0.1, 0.15) is 21.2 Å². The number of phenols is 1. The third-order valence-electron chi connectivity index (χ3n) is 8.70. The van der Waals surface area contributed by atoms with Crippen molar-refractivity contribution in [3.8, 4) is 5.75 Å². The Labute approximate surface area is 374 Å². The van der Waals surface area contributed by atoms with Crippen LogP contribution in [0.4, 0.5) is 46.3 Å². The molecule has 0 saturated heterocycles. The van der Waals surface area contributed by atoms with Crippen LogP contribution in [0.1, 0.15) is 6.92 Å². The number of benzene rings is 5. The minimum absolute atomic E-state index is 0.0409. The van der Waals surface area contributed by atoms with Gasteiger partial charge in [-0.25, -0.2) is 12.6 Å². The number of aromatic hydroxyl groups is 1. The summed E-state index contributed by atoms with van der Waals surface area (Å²) in [7, 11) is -24.6. The first-order chi connectivity index (χ1) is 30.2. The van der Waals surface area contributed by atoms with E-state index in [2.05, 4.69) is 40.0 Å². The molecule has 0 aliphatic heterocycles. The summed E-state index contributed by atoms with van der Waals surface area (Å²) in [5, 5.41) is 24.1. The highest BCUT2D eigenvalue weighted by Gasteiger charge is 2.27. The number of hydrogen-bond donors (Lipinski definition) is 7. The SMILES string of the molecule is CCN(c1ccc(Cl)cc1)c1nc(Nc2cccc(S(=O)(=O)CCOS(=O)(=O)O)c2)nc(Nc2cc(S(=O)(=O)O)cc3cc(S(=O)(=O)O)c(N=Nc4ccccc4S(=O)(=O)O)c(O)c23)n1. The molecule has 0 radical (unpaired) electrons. The average molecular weight is 1020 g/mol. The van der Waals surface area contributed by atoms with Gasteiger partial charge in [0, 0.05) is 28.3 Å². The summed E-state index contributed by atoms with van der Waals surface area (Å²) in [5.41, 5.74) is -1.49. The zero-order chi connectivity index (χ0) is 47.7. The molecular weight excluding hydrogens is 984 g/mol. The van der Waals surface area contributed by atoms with Crippen LogP contribution in [0, 0.1) is 0 Å². The van der Waals surface area contributed by atoms with Gasteiger partial charge in [0.05, 0.1) is 27.8 Å². The lowest BCUT2D eigenvalue weighted by atomic mass is 10.1. The zero-order valence-electron chi connectivity index (χ0n) is 32.6. The van der Waals surface area contributed by atoms with Gasteiger partial charge in [-0.3, -0.25) is 18.2 Å². The van der Waals surface area contributed by atoms with Crippen LogP contribution in [0.25, 0.3) is 10.8 Å². The van der Waals surface area contributed by atoms with Crippen LogP contribution in [0.15, 0.2) is 121 Å². The molecule has 65 heavy (non-hydrogen) atoms. The Morgan fingerprint density at radius 2 is 1.34 bits per heavy atom. The number of anilines is 6. The van der Waals surface area contributed by atoms with Gasteiger partial charge < -0.3 is 20.6 Å². The van der Waals surface area contributed by atoms with E-state index in [9.17, 15) is 60.9 Å². The maximum absolute atomic E-state index is 13.0. The largest absolute Gasteiger partial charge is 0.505 e. The highest BCUT2D eigenvalue weighted by Crippen LogP contribution is 2.46. The fourth-order valence-corrected chi connectivity index (χ4v) is 9.38. The van der Waals surface area contributed by atoms with Gasteiger partial charge in [-0.2, -0.15) is 48.6 Å². The average Bonchev–Trinajstić information content (AvgIpc) is 3.20. The normalized spacial score (nSPS) is 12.7. The topological polar surface area (TPSA) is 372 Å². The summed E-state index contributed by atoms with van der Waals surface area (Å²) >= 11 is 6.11. The molecule has 6 rings (SSSR count). The Bertz CT molecular complexity index is 3460. The zero-order valence-corrected chi connectivity index (χ0v) is 37.4. The predicted octanol–water partition coefficient (Wildman–Crippen LogP) is 5.78. The third kappa shape index (κ3) is 11.8. The first kappa shape index (κ1) is 48.5. The van der Waals surface area contributed by atoms with Crippen molar-refractivity contribution in [2.24, 2.45) is 10.2 Å². The molecule has 1 heterocycles. The molecule has 344 valence electrons. The van der Waals surface area contributed by atoms with E-state index in [1.54, 1.807) is 36.1 Å².